The molecule has 1 aromatic rings. The van der Waals surface area contributed by atoms with Crippen LogP contribution in [0.15, 0.2) is 24.3 Å². The molecule has 2 saturated heterocycles. The molecule has 0 aromatic heterocycles. The van der Waals surface area contributed by atoms with Crippen LogP contribution in [0.1, 0.15) is 44.9 Å². The molecule has 3 rings (SSSR count). The van der Waals surface area contributed by atoms with Gasteiger partial charge in [0.2, 0.25) is 11.8 Å². The molecular formula is C21H30N4O4. The number of carbonyl (C=O) groups is 2. The van der Waals surface area contributed by atoms with Gasteiger partial charge < -0.3 is 15.1 Å². The van der Waals surface area contributed by atoms with Crippen LogP contribution in [0.25, 0.3) is 0 Å². The number of hydrogen-bond donors (Lipinski definition) is 1. The van der Waals surface area contributed by atoms with Crippen molar-refractivity contribution in [3.63, 3.8) is 0 Å². The molecule has 29 heavy (non-hydrogen) atoms. The van der Waals surface area contributed by atoms with Crippen molar-refractivity contribution in [2.45, 2.75) is 44.9 Å². The molecule has 158 valence electrons. The monoisotopic (exact) mass is 402 g/mol. The number of piperidine rings is 2. The van der Waals surface area contributed by atoms with E-state index in [9.17, 15) is 19.7 Å². The Labute approximate surface area is 171 Å². The largest absolute Gasteiger partial charge is 0.385 e. The van der Waals surface area contributed by atoms with Crippen LogP contribution < -0.4 is 5.32 Å². The third-order valence-corrected chi connectivity index (χ3v) is 5.84. The molecule has 0 atom stereocenters. The van der Waals surface area contributed by atoms with Crippen molar-refractivity contribution in [3.8, 4) is 0 Å². The smallest absolute Gasteiger partial charge is 0.269 e. The van der Waals surface area contributed by atoms with Crippen LogP contribution in [0.2, 0.25) is 0 Å². The zero-order valence-electron chi connectivity index (χ0n) is 16.8. The molecule has 8 heteroatoms. The first-order valence-corrected chi connectivity index (χ1v) is 10.6. The summed E-state index contributed by atoms with van der Waals surface area (Å²) < 4.78 is 0. The maximum Gasteiger partial charge on any atom is 0.269 e. The predicted molar refractivity (Wildman–Crippen MR) is 111 cm³/mol. The van der Waals surface area contributed by atoms with Crippen LogP contribution in [0.4, 0.5) is 11.4 Å². The lowest BCUT2D eigenvalue weighted by molar-refractivity contribution is -0.384. The number of amides is 2. The number of rotatable bonds is 7. The second-order valence-corrected chi connectivity index (χ2v) is 7.88. The van der Waals surface area contributed by atoms with Gasteiger partial charge in [-0.2, -0.15) is 0 Å². The minimum atomic E-state index is -0.425. The van der Waals surface area contributed by atoms with Gasteiger partial charge in [-0.3, -0.25) is 19.7 Å². The van der Waals surface area contributed by atoms with Crippen molar-refractivity contribution in [1.82, 2.24) is 9.80 Å². The molecule has 2 heterocycles. The molecule has 1 N–H and O–H groups in total. The van der Waals surface area contributed by atoms with Crippen LogP contribution in [0.3, 0.4) is 0 Å². The standard InChI is InChI=1S/C21H30N4O4/c26-20(5-4-12-22-18-6-8-19(9-7-18)25(28)29)23-15-10-17(11-16-23)21(27)24-13-2-1-3-14-24/h6-9,17,22H,1-5,10-16H2. The second-order valence-electron chi connectivity index (χ2n) is 7.88. The summed E-state index contributed by atoms with van der Waals surface area (Å²) in [6.07, 6.45) is 6.13. The Hall–Kier alpha value is -2.64. The number of anilines is 1. The Morgan fingerprint density at radius 2 is 1.66 bits per heavy atom. The fraction of sp³-hybridized carbons (Fsp3) is 0.619. The van der Waals surface area contributed by atoms with Crippen LogP contribution in [0.5, 0.6) is 0 Å². The molecule has 0 saturated carbocycles. The summed E-state index contributed by atoms with van der Waals surface area (Å²) in [6, 6.07) is 6.26. The highest BCUT2D eigenvalue weighted by atomic mass is 16.6. The first kappa shape index (κ1) is 21.1. The topological polar surface area (TPSA) is 95.8 Å². The van der Waals surface area contributed by atoms with Crippen LogP contribution in [-0.2, 0) is 9.59 Å². The first-order valence-electron chi connectivity index (χ1n) is 10.6. The van der Waals surface area contributed by atoms with Crippen molar-refractivity contribution in [2.75, 3.05) is 38.0 Å². The molecule has 0 radical (unpaired) electrons. The van der Waals surface area contributed by atoms with Gasteiger partial charge in [-0.1, -0.05) is 0 Å². The highest BCUT2D eigenvalue weighted by Crippen LogP contribution is 2.22. The van der Waals surface area contributed by atoms with E-state index in [-0.39, 0.29) is 23.4 Å². The molecule has 0 spiro atoms. The van der Waals surface area contributed by atoms with Gasteiger partial charge in [0.15, 0.2) is 0 Å². The number of nitrogens with one attached hydrogen (secondary N) is 1. The van der Waals surface area contributed by atoms with Crippen LogP contribution in [0, 0.1) is 16.0 Å². The van der Waals surface area contributed by atoms with Gasteiger partial charge in [-0.15, -0.1) is 0 Å². The highest BCUT2D eigenvalue weighted by Gasteiger charge is 2.30. The fourth-order valence-corrected chi connectivity index (χ4v) is 4.08. The SMILES string of the molecule is O=C(CCCNc1ccc([N+](=O)[O-])cc1)N1CCC(C(=O)N2CCCCC2)CC1. The van der Waals surface area contributed by atoms with Crippen molar-refractivity contribution in [1.29, 1.82) is 0 Å². The number of likely N-dealkylation sites (tertiary alicyclic amines) is 2. The summed E-state index contributed by atoms with van der Waals surface area (Å²) in [5, 5.41) is 13.8. The number of hydrogen-bond acceptors (Lipinski definition) is 5. The zero-order valence-corrected chi connectivity index (χ0v) is 16.8. The maximum atomic E-state index is 12.6. The third kappa shape index (κ3) is 5.92. The summed E-state index contributed by atoms with van der Waals surface area (Å²) >= 11 is 0. The summed E-state index contributed by atoms with van der Waals surface area (Å²) in [6.45, 7) is 3.74. The van der Waals surface area contributed by atoms with E-state index in [2.05, 4.69) is 5.32 Å². The lowest BCUT2D eigenvalue weighted by Gasteiger charge is -2.35. The molecule has 0 unspecified atom stereocenters. The van der Waals surface area contributed by atoms with Crippen molar-refractivity contribution < 1.29 is 14.5 Å². The molecular weight excluding hydrogens is 372 g/mol. The summed E-state index contributed by atoms with van der Waals surface area (Å²) in [5.41, 5.74) is 0.869. The average molecular weight is 402 g/mol. The molecule has 2 fully saturated rings. The van der Waals surface area contributed by atoms with E-state index in [4.69, 9.17) is 0 Å². The molecule has 0 aliphatic carbocycles. The quantitative estimate of drug-likeness (QED) is 0.430. The van der Waals surface area contributed by atoms with E-state index in [0.29, 0.717) is 32.5 Å². The van der Waals surface area contributed by atoms with Gasteiger partial charge in [0.1, 0.15) is 0 Å². The van der Waals surface area contributed by atoms with E-state index < -0.39 is 4.92 Å². The highest BCUT2D eigenvalue weighted by molar-refractivity contribution is 5.80. The molecule has 2 amide bonds. The number of nitrogens with zero attached hydrogens (tertiary/aromatic N) is 3. The molecule has 0 bridgehead atoms. The minimum Gasteiger partial charge on any atom is -0.385 e. The lowest BCUT2D eigenvalue weighted by atomic mass is 9.94. The van der Waals surface area contributed by atoms with Gasteiger partial charge in [-0.05, 0) is 50.7 Å². The van der Waals surface area contributed by atoms with E-state index in [1.54, 1.807) is 12.1 Å². The minimum absolute atomic E-state index is 0.0629. The Bertz CT molecular complexity index is 708. The molecule has 8 nitrogen and oxygen atoms in total. The first-order chi connectivity index (χ1) is 14.0. The Balaban J connectivity index is 1.33. The number of carbonyl (C=O) groups excluding carboxylic acids is 2. The van der Waals surface area contributed by atoms with Crippen molar-refractivity contribution in [3.05, 3.63) is 34.4 Å². The van der Waals surface area contributed by atoms with E-state index in [1.165, 1.54) is 18.6 Å². The number of nitro groups is 1. The number of nitro benzene ring substituents is 1. The molecule has 1 aromatic carbocycles. The average Bonchev–Trinajstić information content (AvgIpc) is 2.77. The molecule has 2 aliphatic heterocycles. The molecule has 2 aliphatic rings. The van der Waals surface area contributed by atoms with Gasteiger partial charge in [0.05, 0.1) is 4.92 Å². The Kier molecular flexibility index (Phi) is 7.43. The Morgan fingerprint density at radius 3 is 2.28 bits per heavy atom. The van der Waals surface area contributed by atoms with E-state index in [0.717, 1.165) is 44.5 Å². The predicted octanol–water partition coefficient (Wildman–Crippen LogP) is 3.04. The summed E-state index contributed by atoms with van der Waals surface area (Å²) in [7, 11) is 0. The van der Waals surface area contributed by atoms with Crippen molar-refractivity contribution in [2.24, 2.45) is 5.92 Å². The van der Waals surface area contributed by atoms with Crippen molar-refractivity contribution >= 4 is 23.2 Å². The van der Waals surface area contributed by atoms with Crippen LogP contribution >= 0.6 is 0 Å². The number of benzene rings is 1. The maximum absolute atomic E-state index is 12.6. The lowest BCUT2D eigenvalue weighted by Crippen LogP contribution is -2.45. The second kappa shape index (κ2) is 10.2. The fourth-order valence-electron chi connectivity index (χ4n) is 4.08. The normalized spacial score (nSPS) is 17.8. The van der Waals surface area contributed by atoms with E-state index in [1.807, 2.05) is 9.80 Å². The third-order valence-electron chi connectivity index (χ3n) is 5.84. The zero-order chi connectivity index (χ0) is 20.6. The van der Waals surface area contributed by atoms with Crippen LogP contribution in [-0.4, -0.2) is 59.3 Å². The Morgan fingerprint density at radius 1 is 1.00 bits per heavy atom. The van der Waals surface area contributed by atoms with Gasteiger partial charge in [-0.25, -0.2) is 0 Å². The van der Waals surface area contributed by atoms with Gasteiger partial charge >= 0.3 is 0 Å². The van der Waals surface area contributed by atoms with Gasteiger partial charge in [0.25, 0.3) is 5.69 Å². The summed E-state index contributed by atoms with van der Waals surface area (Å²) in [4.78, 5) is 39.2. The van der Waals surface area contributed by atoms with Gasteiger partial charge in [0, 0.05) is 62.9 Å². The van der Waals surface area contributed by atoms with E-state index >= 15 is 0 Å². The number of non-ortho nitro benzene ring substituents is 1. The summed E-state index contributed by atoms with van der Waals surface area (Å²) in [5.74, 6) is 0.490.